The Kier molecular flexibility index (Phi) is 6.43. The topological polar surface area (TPSA) is 75.6 Å². The van der Waals surface area contributed by atoms with E-state index < -0.39 is 0 Å². The van der Waals surface area contributed by atoms with Crippen molar-refractivity contribution in [3.8, 4) is 0 Å². The molecule has 2 aromatic rings. The molecule has 2 aliphatic heterocycles. The van der Waals surface area contributed by atoms with E-state index in [0.29, 0.717) is 44.3 Å². The smallest absolute Gasteiger partial charge is 0.233 e. The normalized spacial score (nSPS) is 17.5. The molecule has 26 heavy (non-hydrogen) atoms. The number of halogens is 1. The van der Waals surface area contributed by atoms with Gasteiger partial charge in [0.15, 0.2) is 0 Å². The fraction of sp³-hybridized carbons (Fsp3) is 0.471. The fourth-order valence-electron chi connectivity index (χ4n) is 2.87. The molecule has 1 N–H and O–H groups in total. The number of aromatic nitrogens is 3. The second kappa shape index (κ2) is 8.98. The van der Waals surface area contributed by atoms with Crippen molar-refractivity contribution in [2.75, 3.05) is 67.7 Å². The van der Waals surface area contributed by atoms with Crippen LogP contribution in [0.15, 0.2) is 30.3 Å². The number of hydrogen-bond donors (Lipinski definition) is 1. The fourth-order valence-corrected chi connectivity index (χ4v) is 2.87. The molecule has 2 saturated heterocycles. The third-order valence-electron chi connectivity index (χ3n) is 4.23. The van der Waals surface area contributed by atoms with Crippen molar-refractivity contribution >= 4 is 35.9 Å². The predicted octanol–water partition coefficient (Wildman–Crippen LogP) is 1.71. The molecule has 0 amide bonds. The van der Waals surface area contributed by atoms with Crippen molar-refractivity contribution in [3.05, 3.63) is 30.3 Å². The molecule has 0 bridgehead atoms. The maximum atomic E-state index is 5.44. The lowest BCUT2D eigenvalue weighted by Gasteiger charge is -2.30. The Balaban J connectivity index is 0.00000196. The van der Waals surface area contributed by atoms with Gasteiger partial charge in [0.25, 0.3) is 0 Å². The average molecular weight is 379 g/mol. The number of anilines is 4. The lowest BCUT2D eigenvalue weighted by molar-refractivity contribution is 0.121. The molecule has 2 fully saturated rings. The zero-order valence-corrected chi connectivity index (χ0v) is 15.3. The standard InChI is InChI=1S/C17H22N6O2.ClH/c1-2-4-14(5-3-1)18-15-19-16(22-6-10-24-11-7-22)21-17(20-15)23-8-12-25-13-9-23;/h1-5H,6-13H2,(H,18,19,20,21);1H. The second-order valence-corrected chi connectivity index (χ2v) is 5.95. The largest absolute Gasteiger partial charge is 0.378 e. The molecule has 0 radical (unpaired) electrons. The first-order valence-electron chi connectivity index (χ1n) is 8.62. The minimum Gasteiger partial charge on any atom is -0.378 e. The summed E-state index contributed by atoms with van der Waals surface area (Å²) in [4.78, 5) is 18.2. The van der Waals surface area contributed by atoms with Crippen molar-refractivity contribution < 1.29 is 9.47 Å². The SMILES string of the molecule is Cl.c1ccc(Nc2nc(N3CCOCC3)nc(N3CCOCC3)n2)cc1. The van der Waals surface area contributed by atoms with Crippen molar-refractivity contribution in [1.29, 1.82) is 0 Å². The molecule has 1 aromatic carbocycles. The lowest BCUT2D eigenvalue weighted by atomic mass is 10.3. The Morgan fingerprint density at radius 3 is 1.73 bits per heavy atom. The van der Waals surface area contributed by atoms with Gasteiger partial charge in [0.2, 0.25) is 17.8 Å². The van der Waals surface area contributed by atoms with Crippen LogP contribution < -0.4 is 15.1 Å². The average Bonchev–Trinajstić information content (AvgIpc) is 2.70. The minimum absolute atomic E-state index is 0. The molecule has 9 heteroatoms. The highest BCUT2D eigenvalue weighted by atomic mass is 35.5. The van der Waals surface area contributed by atoms with Gasteiger partial charge < -0.3 is 24.6 Å². The third kappa shape index (κ3) is 4.51. The summed E-state index contributed by atoms with van der Waals surface area (Å²) in [6.07, 6.45) is 0. The van der Waals surface area contributed by atoms with Crippen LogP contribution in [0.2, 0.25) is 0 Å². The van der Waals surface area contributed by atoms with Crippen LogP contribution >= 0.6 is 12.4 Å². The number of nitrogens with one attached hydrogen (secondary N) is 1. The van der Waals surface area contributed by atoms with Crippen molar-refractivity contribution in [2.24, 2.45) is 0 Å². The monoisotopic (exact) mass is 378 g/mol. The van der Waals surface area contributed by atoms with Gasteiger partial charge in [-0.1, -0.05) is 18.2 Å². The molecule has 3 heterocycles. The van der Waals surface area contributed by atoms with Gasteiger partial charge in [0, 0.05) is 31.9 Å². The molecule has 0 spiro atoms. The molecule has 0 unspecified atom stereocenters. The van der Waals surface area contributed by atoms with Crippen molar-refractivity contribution in [3.63, 3.8) is 0 Å². The maximum absolute atomic E-state index is 5.44. The summed E-state index contributed by atoms with van der Waals surface area (Å²) < 4.78 is 10.9. The molecule has 0 saturated carbocycles. The Morgan fingerprint density at radius 1 is 0.731 bits per heavy atom. The maximum Gasteiger partial charge on any atom is 0.233 e. The first kappa shape index (κ1) is 18.6. The first-order chi connectivity index (χ1) is 12.4. The van der Waals surface area contributed by atoms with Gasteiger partial charge in [0.1, 0.15) is 0 Å². The Bertz CT molecular complexity index is 657. The quantitative estimate of drug-likeness (QED) is 0.861. The zero-order chi connectivity index (χ0) is 16.9. The van der Waals surface area contributed by atoms with E-state index in [1.165, 1.54) is 0 Å². The highest BCUT2D eigenvalue weighted by Crippen LogP contribution is 2.21. The lowest BCUT2D eigenvalue weighted by Crippen LogP contribution is -2.40. The molecule has 0 atom stereocenters. The molecule has 1 aromatic heterocycles. The van der Waals surface area contributed by atoms with Crippen LogP contribution in [0, 0.1) is 0 Å². The third-order valence-corrected chi connectivity index (χ3v) is 4.23. The number of para-hydroxylation sites is 1. The summed E-state index contributed by atoms with van der Waals surface area (Å²) in [5.74, 6) is 1.95. The van der Waals surface area contributed by atoms with E-state index in [2.05, 4.69) is 25.1 Å². The number of ether oxygens (including phenoxy) is 2. The van der Waals surface area contributed by atoms with Crippen molar-refractivity contribution in [2.45, 2.75) is 0 Å². The summed E-state index contributed by atoms with van der Waals surface area (Å²) in [6, 6.07) is 9.93. The van der Waals surface area contributed by atoms with Gasteiger partial charge in [0.05, 0.1) is 26.4 Å². The summed E-state index contributed by atoms with van der Waals surface area (Å²) in [7, 11) is 0. The predicted molar refractivity (Wildman–Crippen MR) is 103 cm³/mol. The van der Waals surface area contributed by atoms with E-state index in [-0.39, 0.29) is 12.4 Å². The molecule has 2 aliphatic rings. The molecular formula is C17H23ClN6O2. The molecule has 4 rings (SSSR count). The number of hydrogen-bond acceptors (Lipinski definition) is 8. The van der Waals surface area contributed by atoms with E-state index in [0.717, 1.165) is 31.9 Å². The van der Waals surface area contributed by atoms with E-state index in [9.17, 15) is 0 Å². The van der Waals surface area contributed by atoms with E-state index in [1.807, 2.05) is 30.3 Å². The summed E-state index contributed by atoms with van der Waals surface area (Å²) in [5, 5.41) is 3.28. The van der Waals surface area contributed by atoms with Gasteiger partial charge in [-0.3, -0.25) is 0 Å². The summed E-state index contributed by atoms with van der Waals surface area (Å²) in [6.45, 7) is 5.93. The Morgan fingerprint density at radius 2 is 1.23 bits per heavy atom. The highest BCUT2D eigenvalue weighted by molar-refractivity contribution is 5.85. The number of benzene rings is 1. The van der Waals surface area contributed by atoms with Gasteiger partial charge in [-0.25, -0.2) is 0 Å². The van der Waals surface area contributed by atoms with Crippen molar-refractivity contribution in [1.82, 2.24) is 15.0 Å². The Hall–Kier alpha value is -2.16. The zero-order valence-electron chi connectivity index (χ0n) is 14.5. The van der Waals surface area contributed by atoms with Crippen LogP contribution in [0.25, 0.3) is 0 Å². The Labute approximate surface area is 159 Å². The van der Waals surface area contributed by atoms with E-state index in [4.69, 9.17) is 14.5 Å². The van der Waals surface area contributed by atoms with E-state index in [1.54, 1.807) is 0 Å². The number of morpholine rings is 2. The molecular weight excluding hydrogens is 356 g/mol. The molecule has 0 aliphatic carbocycles. The molecule has 8 nitrogen and oxygen atoms in total. The number of nitrogens with zero attached hydrogens (tertiary/aromatic N) is 5. The van der Waals surface area contributed by atoms with Crippen LogP contribution in [0.1, 0.15) is 0 Å². The van der Waals surface area contributed by atoms with Crippen LogP contribution in [0.4, 0.5) is 23.5 Å². The van der Waals surface area contributed by atoms with Crippen LogP contribution in [-0.4, -0.2) is 67.6 Å². The van der Waals surface area contributed by atoms with Crippen LogP contribution in [0.3, 0.4) is 0 Å². The summed E-state index contributed by atoms with van der Waals surface area (Å²) >= 11 is 0. The van der Waals surface area contributed by atoms with Gasteiger partial charge in [-0.05, 0) is 12.1 Å². The minimum atomic E-state index is 0. The second-order valence-electron chi connectivity index (χ2n) is 5.95. The summed E-state index contributed by atoms with van der Waals surface area (Å²) in [5.41, 5.74) is 0.953. The van der Waals surface area contributed by atoms with Gasteiger partial charge in [-0.15, -0.1) is 12.4 Å². The van der Waals surface area contributed by atoms with E-state index >= 15 is 0 Å². The molecule has 140 valence electrons. The van der Waals surface area contributed by atoms with Gasteiger partial charge >= 0.3 is 0 Å². The number of rotatable bonds is 4. The van der Waals surface area contributed by atoms with Crippen LogP contribution in [0.5, 0.6) is 0 Å². The first-order valence-corrected chi connectivity index (χ1v) is 8.62. The van der Waals surface area contributed by atoms with Gasteiger partial charge in [-0.2, -0.15) is 15.0 Å². The van der Waals surface area contributed by atoms with Crippen LogP contribution in [-0.2, 0) is 9.47 Å². The highest BCUT2D eigenvalue weighted by Gasteiger charge is 2.20.